The van der Waals surface area contributed by atoms with Gasteiger partial charge in [-0.2, -0.15) is 0 Å². The molecule has 18 heavy (non-hydrogen) atoms. The molecule has 0 amide bonds. The van der Waals surface area contributed by atoms with Gasteiger partial charge in [-0.3, -0.25) is 4.79 Å². The normalized spacial score (nSPS) is 10.7. The van der Waals surface area contributed by atoms with Crippen LogP contribution in [0.25, 0.3) is 5.52 Å². The lowest BCUT2D eigenvalue weighted by atomic mass is 10.1. The second kappa shape index (κ2) is 4.11. The van der Waals surface area contributed by atoms with Crippen molar-refractivity contribution in [2.24, 2.45) is 0 Å². The van der Waals surface area contributed by atoms with Gasteiger partial charge in [0.15, 0.2) is 0 Å². The molecule has 3 heteroatoms. The van der Waals surface area contributed by atoms with E-state index in [2.05, 4.69) is 0 Å². The lowest BCUT2D eigenvalue weighted by Crippen LogP contribution is -2.04. The largest absolute Gasteiger partial charge is 0.314 e. The first-order valence-electron chi connectivity index (χ1n) is 5.62. The number of hydrogen-bond donors (Lipinski definition) is 0. The summed E-state index contributed by atoms with van der Waals surface area (Å²) < 4.78 is 14.7. The van der Waals surface area contributed by atoms with Crippen molar-refractivity contribution >= 4 is 11.3 Å². The van der Waals surface area contributed by atoms with Gasteiger partial charge in [0, 0.05) is 17.3 Å². The number of hydrogen-bond acceptors (Lipinski definition) is 1. The topological polar surface area (TPSA) is 21.5 Å². The van der Waals surface area contributed by atoms with Crippen molar-refractivity contribution in [3.05, 3.63) is 77.9 Å². The molecule has 0 bridgehead atoms. The number of rotatable bonds is 2. The number of carbonyl (C=O) groups is 1. The summed E-state index contributed by atoms with van der Waals surface area (Å²) in [7, 11) is 0. The molecule has 0 atom stereocenters. The molecule has 0 spiro atoms. The summed E-state index contributed by atoms with van der Waals surface area (Å²) in [6.45, 7) is 0. The standard InChI is InChI=1S/C15H10FNO/c16-12-6-4-11(5-7-12)15(18)14-9-8-13-3-1-2-10-17(13)14/h1-10H. The fraction of sp³-hybridized carbons (Fsp3) is 0. The third-order valence-corrected chi connectivity index (χ3v) is 2.90. The zero-order valence-electron chi connectivity index (χ0n) is 9.51. The van der Waals surface area contributed by atoms with E-state index in [1.165, 1.54) is 24.3 Å². The fourth-order valence-corrected chi connectivity index (χ4v) is 1.99. The number of benzene rings is 1. The van der Waals surface area contributed by atoms with Gasteiger partial charge >= 0.3 is 0 Å². The molecule has 88 valence electrons. The molecular weight excluding hydrogens is 229 g/mol. The molecule has 0 unspecified atom stereocenters. The third-order valence-electron chi connectivity index (χ3n) is 2.90. The predicted molar refractivity (Wildman–Crippen MR) is 67.2 cm³/mol. The number of halogens is 1. The van der Waals surface area contributed by atoms with Gasteiger partial charge in [-0.25, -0.2) is 4.39 Å². The number of ketones is 1. The van der Waals surface area contributed by atoms with Gasteiger partial charge in [0.2, 0.25) is 5.78 Å². The van der Waals surface area contributed by atoms with E-state index in [4.69, 9.17) is 0 Å². The van der Waals surface area contributed by atoms with Crippen molar-refractivity contribution in [2.75, 3.05) is 0 Å². The van der Waals surface area contributed by atoms with Crippen LogP contribution in [-0.2, 0) is 0 Å². The quantitative estimate of drug-likeness (QED) is 0.629. The van der Waals surface area contributed by atoms with Crippen molar-refractivity contribution in [3.63, 3.8) is 0 Å². The van der Waals surface area contributed by atoms with Crippen LogP contribution in [0.1, 0.15) is 16.1 Å². The van der Waals surface area contributed by atoms with Crippen molar-refractivity contribution in [1.29, 1.82) is 0 Å². The average Bonchev–Trinajstić information content (AvgIpc) is 2.82. The van der Waals surface area contributed by atoms with Crippen LogP contribution in [0.5, 0.6) is 0 Å². The maximum atomic E-state index is 12.8. The Hall–Kier alpha value is -2.42. The van der Waals surface area contributed by atoms with E-state index in [0.29, 0.717) is 11.3 Å². The summed E-state index contributed by atoms with van der Waals surface area (Å²) in [4.78, 5) is 12.3. The second-order valence-electron chi connectivity index (χ2n) is 4.05. The molecule has 0 aliphatic rings. The van der Waals surface area contributed by atoms with E-state index in [-0.39, 0.29) is 11.6 Å². The van der Waals surface area contributed by atoms with Gasteiger partial charge in [-0.1, -0.05) is 6.07 Å². The minimum Gasteiger partial charge on any atom is -0.314 e. The van der Waals surface area contributed by atoms with E-state index < -0.39 is 0 Å². The lowest BCUT2D eigenvalue weighted by molar-refractivity contribution is 0.103. The van der Waals surface area contributed by atoms with Crippen molar-refractivity contribution in [1.82, 2.24) is 4.40 Å². The minimum absolute atomic E-state index is 0.110. The molecule has 3 rings (SSSR count). The summed E-state index contributed by atoms with van der Waals surface area (Å²) in [5, 5.41) is 0. The van der Waals surface area contributed by atoms with Crippen LogP contribution in [0.3, 0.4) is 0 Å². The molecule has 0 aliphatic carbocycles. The highest BCUT2D eigenvalue weighted by Crippen LogP contribution is 2.14. The van der Waals surface area contributed by atoms with Crippen LogP contribution in [0.4, 0.5) is 4.39 Å². The highest BCUT2D eigenvalue weighted by molar-refractivity contribution is 6.08. The molecular formula is C15H10FNO. The van der Waals surface area contributed by atoms with Crippen LogP contribution in [0, 0.1) is 5.82 Å². The number of nitrogens with zero attached hydrogens (tertiary/aromatic N) is 1. The molecule has 3 aromatic rings. The Morgan fingerprint density at radius 3 is 2.50 bits per heavy atom. The molecule has 0 saturated carbocycles. The monoisotopic (exact) mass is 239 g/mol. The van der Waals surface area contributed by atoms with Crippen molar-refractivity contribution < 1.29 is 9.18 Å². The first kappa shape index (κ1) is 10.7. The molecule has 2 heterocycles. The maximum Gasteiger partial charge on any atom is 0.209 e. The molecule has 1 aromatic carbocycles. The van der Waals surface area contributed by atoms with Crippen LogP contribution in [0.2, 0.25) is 0 Å². The van der Waals surface area contributed by atoms with Crippen LogP contribution >= 0.6 is 0 Å². The Labute approximate surface area is 103 Å². The minimum atomic E-state index is -0.341. The summed E-state index contributed by atoms with van der Waals surface area (Å²) in [5.41, 5.74) is 2.03. The molecule has 2 nitrogen and oxygen atoms in total. The van der Waals surface area contributed by atoms with E-state index in [9.17, 15) is 9.18 Å². The Bertz CT molecular complexity index is 713. The first-order chi connectivity index (χ1) is 8.75. The van der Waals surface area contributed by atoms with E-state index in [1.807, 2.05) is 34.9 Å². The number of aromatic nitrogens is 1. The van der Waals surface area contributed by atoms with E-state index in [1.54, 1.807) is 6.07 Å². The highest BCUT2D eigenvalue weighted by atomic mass is 19.1. The molecule has 2 aromatic heterocycles. The zero-order valence-corrected chi connectivity index (χ0v) is 9.51. The van der Waals surface area contributed by atoms with E-state index in [0.717, 1.165) is 5.52 Å². The van der Waals surface area contributed by atoms with Gasteiger partial charge in [0.1, 0.15) is 5.82 Å². The van der Waals surface area contributed by atoms with Crippen molar-refractivity contribution in [3.8, 4) is 0 Å². The number of pyridine rings is 1. The molecule has 0 radical (unpaired) electrons. The van der Waals surface area contributed by atoms with E-state index >= 15 is 0 Å². The van der Waals surface area contributed by atoms with Gasteiger partial charge in [0.25, 0.3) is 0 Å². The number of carbonyl (C=O) groups excluding carboxylic acids is 1. The van der Waals surface area contributed by atoms with Crippen molar-refractivity contribution in [2.45, 2.75) is 0 Å². The van der Waals surface area contributed by atoms with Gasteiger partial charge < -0.3 is 4.40 Å². The molecule has 0 N–H and O–H groups in total. The molecule has 0 fully saturated rings. The lowest BCUT2D eigenvalue weighted by Gasteiger charge is -2.02. The van der Waals surface area contributed by atoms with Crippen LogP contribution in [0.15, 0.2) is 60.8 Å². The van der Waals surface area contributed by atoms with Gasteiger partial charge in [0.05, 0.1) is 5.69 Å². The summed E-state index contributed by atoms with van der Waals surface area (Å²) in [5.74, 6) is -0.451. The molecule has 0 aliphatic heterocycles. The highest BCUT2D eigenvalue weighted by Gasteiger charge is 2.12. The summed E-state index contributed by atoms with van der Waals surface area (Å²) in [6, 6.07) is 15.0. The van der Waals surface area contributed by atoms with Gasteiger partial charge in [-0.15, -0.1) is 0 Å². The Kier molecular flexibility index (Phi) is 2.45. The predicted octanol–water partition coefficient (Wildman–Crippen LogP) is 3.31. The SMILES string of the molecule is O=C(c1ccc(F)cc1)c1ccc2ccccn12. The smallest absolute Gasteiger partial charge is 0.209 e. The fourth-order valence-electron chi connectivity index (χ4n) is 1.99. The zero-order chi connectivity index (χ0) is 12.5. The van der Waals surface area contributed by atoms with Crippen LogP contribution in [-0.4, -0.2) is 10.2 Å². The average molecular weight is 239 g/mol. The summed E-state index contributed by atoms with van der Waals surface area (Å²) in [6.07, 6.45) is 1.84. The Morgan fingerprint density at radius 1 is 0.944 bits per heavy atom. The Balaban J connectivity index is 2.09. The molecule has 0 saturated heterocycles. The first-order valence-corrected chi connectivity index (χ1v) is 5.62. The number of fused-ring (bicyclic) bond motifs is 1. The third kappa shape index (κ3) is 1.70. The van der Waals surface area contributed by atoms with Gasteiger partial charge in [-0.05, 0) is 48.5 Å². The second-order valence-corrected chi connectivity index (χ2v) is 4.05. The Morgan fingerprint density at radius 2 is 1.72 bits per heavy atom. The van der Waals surface area contributed by atoms with Crippen LogP contribution < -0.4 is 0 Å². The summed E-state index contributed by atoms with van der Waals surface area (Å²) >= 11 is 0. The maximum absolute atomic E-state index is 12.8.